The van der Waals surface area contributed by atoms with Gasteiger partial charge in [0, 0.05) is 58.4 Å². The molecular formula is C16H25BGdN3O14P3-2. The van der Waals surface area contributed by atoms with Crippen molar-refractivity contribution in [1.82, 2.24) is 14.7 Å². The number of aliphatic carboxylic acids is 5. The number of rotatable bonds is 22. The fourth-order valence-electron chi connectivity index (χ4n) is 2.87. The Labute approximate surface area is 254 Å². The van der Waals surface area contributed by atoms with Crippen molar-refractivity contribution in [2.75, 3.05) is 65.6 Å². The zero-order valence-electron chi connectivity index (χ0n) is 19.9. The van der Waals surface area contributed by atoms with Gasteiger partial charge in [-0.1, -0.05) is 7.49 Å². The Kier molecular flexibility index (Phi) is 21.4. The van der Waals surface area contributed by atoms with Crippen LogP contribution in [0.5, 0.6) is 0 Å². The largest absolute Gasteiger partial charge is 3.00 e. The van der Waals surface area contributed by atoms with Crippen LogP contribution in [0.25, 0.3) is 0 Å². The molecule has 0 aliphatic carbocycles. The third kappa shape index (κ3) is 21.4. The molecular weight excluding hydrogens is 719 g/mol. The molecule has 0 bridgehead atoms. The standard InChI is InChI=1S/C16H30BN3O14P3.Gd/c1-36(35)17-34-37(31,32)33-10-11(4-19(7-14(25)26)8-15(27)28)20(9-16(29)30)3-2-18(5-12(21)22)6-13(23)24;/h11H,2-10,35H2,1H3,(H,21,22)(H,23,24)(H,25,26)(H,27,28)(H,29,30)(H,31,32);/q;+3/p-5. The second-order valence-corrected chi connectivity index (χ2v) is 12.9. The molecule has 0 heterocycles. The van der Waals surface area contributed by atoms with Crippen LogP contribution in [-0.4, -0.2) is 128 Å². The molecule has 216 valence electrons. The zero-order chi connectivity index (χ0) is 28.8. The summed E-state index contributed by atoms with van der Waals surface area (Å²) in [5, 5.41) is 55.3. The van der Waals surface area contributed by atoms with Gasteiger partial charge in [0.25, 0.3) is 0 Å². The van der Waals surface area contributed by atoms with Gasteiger partial charge in [-0.2, -0.15) is 0 Å². The molecule has 0 aliphatic heterocycles. The van der Waals surface area contributed by atoms with Gasteiger partial charge in [-0.3, -0.25) is 19.2 Å². The van der Waals surface area contributed by atoms with E-state index in [1.165, 1.54) is 0 Å². The third-order valence-corrected chi connectivity index (χ3v) is 6.03. The number of phosphoric acid groups is 1. The first-order chi connectivity index (χ1) is 17.0. The van der Waals surface area contributed by atoms with Crippen molar-refractivity contribution in [2.45, 2.75) is 6.04 Å². The summed E-state index contributed by atoms with van der Waals surface area (Å²) >= 11 is 0. The Morgan fingerprint density at radius 2 is 1.29 bits per heavy atom. The summed E-state index contributed by atoms with van der Waals surface area (Å²) in [6.45, 7) is -5.21. The summed E-state index contributed by atoms with van der Waals surface area (Å²) < 4.78 is 21.7. The van der Waals surface area contributed by atoms with Gasteiger partial charge in [-0.15, -0.1) is 8.93 Å². The molecule has 2 radical (unpaired) electrons. The van der Waals surface area contributed by atoms with E-state index in [-0.39, 0.29) is 39.9 Å². The summed E-state index contributed by atoms with van der Waals surface area (Å²) in [6.07, 6.45) is 0. The molecule has 0 aromatic heterocycles. The molecule has 0 saturated heterocycles. The molecule has 0 spiro atoms. The molecule has 22 heteroatoms. The van der Waals surface area contributed by atoms with Gasteiger partial charge in [-0.25, -0.2) is 4.57 Å². The fraction of sp³-hybridized carbons (Fsp3) is 0.688. The minimum Gasteiger partial charge on any atom is -0.549 e. The molecule has 0 saturated carbocycles. The van der Waals surface area contributed by atoms with Crippen LogP contribution in [0.3, 0.4) is 0 Å². The Morgan fingerprint density at radius 1 is 0.868 bits per heavy atom. The molecule has 4 atom stereocenters. The van der Waals surface area contributed by atoms with Crippen molar-refractivity contribution in [2.24, 2.45) is 0 Å². The van der Waals surface area contributed by atoms with E-state index < -0.39 is 110 Å². The molecule has 1 N–H and O–H groups in total. The molecule has 0 fully saturated rings. The van der Waals surface area contributed by atoms with Crippen molar-refractivity contribution < 1.29 is 108 Å². The summed E-state index contributed by atoms with van der Waals surface area (Å²) in [5.74, 6) is -8.41. The van der Waals surface area contributed by atoms with E-state index in [0.717, 1.165) is 21.9 Å². The van der Waals surface area contributed by atoms with Crippen LogP contribution in [-0.2, 0) is 37.5 Å². The molecule has 4 unspecified atom stereocenters. The molecule has 17 nitrogen and oxygen atoms in total. The average molecular weight is 744 g/mol. The Hall–Kier alpha value is -0.410. The first kappa shape index (κ1) is 39.7. The Bertz CT molecular complexity index is 825. The maximum Gasteiger partial charge on any atom is 3.00 e. The van der Waals surface area contributed by atoms with E-state index in [4.69, 9.17) is 4.52 Å². The van der Waals surface area contributed by atoms with E-state index in [1.54, 1.807) is 6.66 Å². The number of nitrogens with zero attached hydrogens (tertiary/aromatic N) is 3. The number of carboxylic acid groups (broad SMARTS) is 5. The molecule has 0 aromatic carbocycles. The molecule has 0 aliphatic rings. The van der Waals surface area contributed by atoms with Crippen LogP contribution in [0, 0.1) is 39.9 Å². The van der Waals surface area contributed by atoms with Crippen LogP contribution < -0.4 is 25.5 Å². The normalized spacial score (nSPS) is 14.4. The van der Waals surface area contributed by atoms with Crippen molar-refractivity contribution in [3.05, 3.63) is 0 Å². The molecule has 38 heavy (non-hydrogen) atoms. The van der Waals surface area contributed by atoms with Crippen molar-refractivity contribution in [1.29, 1.82) is 0 Å². The molecule has 0 rings (SSSR count). The number of phosphoric ester groups is 1. The first-order valence-electron chi connectivity index (χ1n) is 10.1. The van der Waals surface area contributed by atoms with E-state index in [2.05, 4.69) is 13.4 Å². The van der Waals surface area contributed by atoms with Crippen molar-refractivity contribution in [3.8, 4) is 0 Å². The summed E-state index contributed by atoms with van der Waals surface area (Å²) in [4.78, 5) is 67.7. The first-order valence-corrected chi connectivity index (χ1v) is 15.1. The van der Waals surface area contributed by atoms with Gasteiger partial charge in [0.05, 0.1) is 36.5 Å². The van der Waals surface area contributed by atoms with E-state index >= 15 is 0 Å². The van der Waals surface area contributed by atoms with Crippen molar-refractivity contribution in [3.63, 3.8) is 0 Å². The fourth-order valence-corrected chi connectivity index (χ4v) is 4.85. The summed E-state index contributed by atoms with van der Waals surface area (Å²) in [5.41, 5.74) is 0. The van der Waals surface area contributed by atoms with Gasteiger partial charge in [0.1, 0.15) is 0 Å². The number of carbonyl (C=O) groups excluding carboxylic acids is 5. The number of carbonyl (C=O) groups is 5. The van der Waals surface area contributed by atoms with E-state index in [0.29, 0.717) is 0 Å². The quantitative estimate of drug-likeness (QED) is 0.0797. The smallest absolute Gasteiger partial charge is 0.549 e. The second-order valence-electron chi connectivity index (χ2n) is 7.51. The summed E-state index contributed by atoms with van der Waals surface area (Å²) in [6, 6.07) is -1.34. The van der Waals surface area contributed by atoms with Crippen LogP contribution in [0.2, 0.25) is 0 Å². The van der Waals surface area contributed by atoms with Gasteiger partial charge >= 0.3 is 55.0 Å². The summed E-state index contributed by atoms with van der Waals surface area (Å²) in [7, 11) is -2.40. The number of carboxylic acids is 5. The Balaban J connectivity index is 0. The maximum atomic E-state index is 12.2. The zero-order valence-corrected chi connectivity index (χ0v) is 25.2. The second kappa shape index (κ2) is 20.5. The van der Waals surface area contributed by atoms with Crippen LogP contribution in [0.4, 0.5) is 0 Å². The van der Waals surface area contributed by atoms with Crippen molar-refractivity contribution >= 4 is 61.3 Å². The van der Waals surface area contributed by atoms with Crippen LogP contribution in [0.15, 0.2) is 0 Å². The minimum atomic E-state index is -4.75. The average Bonchev–Trinajstić information content (AvgIpc) is 2.70. The van der Waals surface area contributed by atoms with Crippen LogP contribution >= 0.6 is 24.2 Å². The minimum absolute atomic E-state index is 0. The van der Waals surface area contributed by atoms with Gasteiger partial charge in [0.15, 0.2) is 0 Å². The predicted molar refractivity (Wildman–Crippen MR) is 118 cm³/mol. The monoisotopic (exact) mass is 745 g/mol. The predicted octanol–water partition coefficient (Wildman–Crippen LogP) is -8.42. The topological polar surface area (TPSA) is 266 Å². The van der Waals surface area contributed by atoms with Crippen LogP contribution in [0.1, 0.15) is 0 Å². The number of hydrogen-bond acceptors (Lipinski definition) is 16. The van der Waals surface area contributed by atoms with Gasteiger partial charge < -0.3 is 58.8 Å². The van der Waals surface area contributed by atoms with Gasteiger partial charge in [0.2, 0.25) is 0 Å². The number of hydrogen-bond donors (Lipinski definition) is 1. The van der Waals surface area contributed by atoms with Gasteiger partial charge in [-0.05, 0) is 6.66 Å². The van der Waals surface area contributed by atoms with E-state index in [9.17, 15) is 59.0 Å². The molecule has 0 amide bonds. The Morgan fingerprint density at radius 3 is 1.68 bits per heavy atom. The SMILES string of the molecule is CP(P)[B]OP(=O)(O)OCC(CN(CC(=O)[O-])CC(=O)[O-])N(CCN(CC(=O)[O-])CC(=O)[O-])CC(=O)[O-].[Gd+3]. The van der Waals surface area contributed by atoms with E-state index in [1.807, 2.05) is 0 Å². The third-order valence-electron chi connectivity index (χ3n) is 4.21. The molecule has 0 aromatic rings. The maximum absolute atomic E-state index is 12.2.